The van der Waals surface area contributed by atoms with Gasteiger partial charge in [-0.15, -0.1) is 0 Å². The molecule has 0 aliphatic carbocycles. The zero-order valence-electron chi connectivity index (χ0n) is 18.0. The topological polar surface area (TPSA) is 66.0 Å². The maximum atomic E-state index is 12.6. The number of carbonyl (C=O) groups excluding carboxylic acids is 1. The van der Waals surface area contributed by atoms with Crippen molar-refractivity contribution in [3.05, 3.63) is 65.2 Å². The molecule has 2 N–H and O–H groups in total. The number of nitrogens with one attached hydrogen (secondary N) is 2. The van der Waals surface area contributed by atoms with E-state index in [-0.39, 0.29) is 5.91 Å². The van der Waals surface area contributed by atoms with Gasteiger partial charge in [0, 0.05) is 31.7 Å². The number of hydrogen-bond acceptors (Lipinski definition) is 3. The number of amides is 1. The fourth-order valence-corrected chi connectivity index (χ4v) is 3.47. The Morgan fingerprint density at radius 1 is 0.967 bits per heavy atom. The molecule has 6 heteroatoms. The number of nitrogens with zero attached hydrogens (tertiary/aromatic N) is 2. The second-order valence-electron chi connectivity index (χ2n) is 7.45. The van der Waals surface area contributed by atoms with Gasteiger partial charge in [-0.05, 0) is 61.6 Å². The van der Waals surface area contributed by atoms with E-state index in [1.54, 1.807) is 7.11 Å². The lowest BCUT2D eigenvalue weighted by Crippen LogP contribution is -2.37. The molecule has 30 heavy (non-hydrogen) atoms. The van der Waals surface area contributed by atoms with E-state index in [0.29, 0.717) is 13.1 Å². The van der Waals surface area contributed by atoms with Crippen molar-refractivity contribution in [2.24, 2.45) is 4.99 Å². The van der Waals surface area contributed by atoms with E-state index < -0.39 is 0 Å². The van der Waals surface area contributed by atoms with Gasteiger partial charge in [0.05, 0.1) is 13.7 Å². The summed E-state index contributed by atoms with van der Waals surface area (Å²) in [6, 6.07) is 15.8. The minimum Gasteiger partial charge on any atom is -0.497 e. The number of likely N-dealkylation sites (tertiary alicyclic amines) is 1. The molecular weight excluding hydrogens is 376 g/mol. The number of hydrogen-bond donors (Lipinski definition) is 2. The van der Waals surface area contributed by atoms with E-state index in [2.05, 4.69) is 15.6 Å². The minimum absolute atomic E-state index is 0.142. The van der Waals surface area contributed by atoms with Crippen LogP contribution in [-0.4, -0.2) is 43.5 Å². The number of piperidine rings is 1. The summed E-state index contributed by atoms with van der Waals surface area (Å²) in [4.78, 5) is 19.2. The van der Waals surface area contributed by atoms with Gasteiger partial charge in [-0.1, -0.05) is 24.3 Å². The predicted molar refractivity (Wildman–Crippen MR) is 121 cm³/mol. The molecule has 3 rings (SSSR count). The Morgan fingerprint density at radius 2 is 1.63 bits per heavy atom. The maximum absolute atomic E-state index is 12.6. The van der Waals surface area contributed by atoms with Crippen LogP contribution in [0.15, 0.2) is 53.5 Å². The third-order valence-corrected chi connectivity index (χ3v) is 5.23. The molecule has 0 radical (unpaired) electrons. The van der Waals surface area contributed by atoms with Crippen LogP contribution in [0.2, 0.25) is 0 Å². The van der Waals surface area contributed by atoms with Gasteiger partial charge in [-0.2, -0.15) is 0 Å². The van der Waals surface area contributed by atoms with Crippen LogP contribution < -0.4 is 15.4 Å². The molecule has 1 fully saturated rings. The van der Waals surface area contributed by atoms with Crippen LogP contribution in [0.3, 0.4) is 0 Å². The van der Waals surface area contributed by atoms with Gasteiger partial charge >= 0.3 is 0 Å². The number of benzene rings is 2. The van der Waals surface area contributed by atoms with Gasteiger partial charge in [0.1, 0.15) is 5.75 Å². The van der Waals surface area contributed by atoms with Crippen molar-refractivity contribution in [2.75, 3.05) is 26.7 Å². The average molecular weight is 409 g/mol. The highest BCUT2D eigenvalue weighted by atomic mass is 16.5. The van der Waals surface area contributed by atoms with Crippen molar-refractivity contribution < 1.29 is 9.53 Å². The van der Waals surface area contributed by atoms with E-state index in [1.165, 1.54) is 6.42 Å². The van der Waals surface area contributed by atoms with Gasteiger partial charge in [-0.3, -0.25) is 4.79 Å². The van der Waals surface area contributed by atoms with Crippen molar-refractivity contribution in [1.82, 2.24) is 15.5 Å². The number of carbonyl (C=O) groups is 1. The first-order chi connectivity index (χ1) is 14.7. The highest BCUT2D eigenvalue weighted by molar-refractivity contribution is 5.94. The molecule has 2 aromatic rings. The van der Waals surface area contributed by atoms with Crippen LogP contribution in [0.4, 0.5) is 0 Å². The highest BCUT2D eigenvalue weighted by Gasteiger charge is 2.17. The maximum Gasteiger partial charge on any atom is 0.253 e. The number of ether oxygens (including phenoxy) is 1. The van der Waals surface area contributed by atoms with Crippen LogP contribution in [0.25, 0.3) is 0 Å². The van der Waals surface area contributed by atoms with E-state index in [1.807, 2.05) is 60.4 Å². The Kier molecular flexibility index (Phi) is 8.12. The van der Waals surface area contributed by atoms with Gasteiger partial charge in [0.15, 0.2) is 5.96 Å². The van der Waals surface area contributed by atoms with Gasteiger partial charge in [0.2, 0.25) is 0 Å². The average Bonchev–Trinajstić information content (AvgIpc) is 2.81. The first-order valence-electron chi connectivity index (χ1n) is 10.7. The molecule has 1 amide bonds. The molecule has 1 aliphatic rings. The molecule has 1 aliphatic heterocycles. The fourth-order valence-electron chi connectivity index (χ4n) is 3.47. The van der Waals surface area contributed by atoms with Crippen molar-refractivity contribution >= 4 is 11.9 Å². The predicted octanol–water partition coefficient (Wildman–Crippen LogP) is 3.58. The fraction of sp³-hybridized carbons (Fsp3) is 0.417. The van der Waals surface area contributed by atoms with Crippen LogP contribution in [-0.2, 0) is 13.1 Å². The number of methoxy groups -OCH3 is 1. The summed E-state index contributed by atoms with van der Waals surface area (Å²) in [5.41, 5.74) is 2.99. The number of guanidine groups is 1. The van der Waals surface area contributed by atoms with E-state index >= 15 is 0 Å². The Balaban J connectivity index is 1.55. The Morgan fingerprint density at radius 3 is 2.27 bits per heavy atom. The Bertz CT molecular complexity index is 825. The third-order valence-electron chi connectivity index (χ3n) is 5.23. The molecular formula is C24H32N4O2. The van der Waals surface area contributed by atoms with E-state index in [9.17, 15) is 4.79 Å². The third kappa shape index (κ3) is 6.24. The second-order valence-corrected chi connectivity index (χ2v) is 7.45. The van der Waals surface area contributed by atoms with E-state index in [0.717, 1.165) is 60.9 Å². The van der Waals surface area contributed by atoms with Crippen LogP contribution in [0.1, 0.15) is 47.7 Å². The van der Waals surface area contributed by atoms with Crippen molar-refractivity contribution in [3.63, 3.8) is 0 Å². The summed E-state index contributed by atoms with van der Waals surface area (Å²) in [5, 5.41) is 6.63. The number of rotatable bonds is 7. The highest BCUT2D eigenvalue weighted by Crippen LogP contribution is 2.14. The summed E-state index contributed by atoms with van der Waals surface area (Å²) < 4.78 is 5.19. The second kappa shape index (κ2) is 11.2. The monoisotopic (exact) mass is 408 g/mol. The smallest absolute Gasteiger partial charge is 0.253 e. The zero-order valence-corrected chi connectivity index (χ0v) is 18.0. The summed E-state index contributed by atoms with van der Waals surface area (Å²) >= 11 is 0. The van der Waals surface area contributed by atoms with Crippen LogP contribution in [0, 0.1) is 0 Å². The molecule has 0 unspecified atom stereocenters. The molecule has 160 valence electrons. The van der Waals surface area contributed by atoms with Crippen LogP contribution >= 0.6 is 0 Å². The van der Waals surface area contributed by atoms with Gasteiger partial charge < -0.3 is 20.3 Å². The van der Waals surface area contributed by atoms with Crippen molar-refractivity contribution in [3.8, 4) is 5.75 Å². The molecule has 0 aromatic heterocycles. The Labute approximate surface area is 179 Å². The molecule has 1 saturated heterocycles. The van der Waals surface area contributed by atoms with Gasteiger partial charge in [-0.25, -0.2) is 4.99 Å². The standard InChI is InChI=1S/C24H32N4O2/c1-3-25-24(27-18-20-9-13-22(30-2)14-10-20)26-17-19-7-11-21(12-8-19)23(29)28-15-5-4-6-16-28/h7-14H,3-6,15-18H2,1-2H3,(H2,25,26,27). The number of aliphatic imine (C=N–C) groups is 1. The minimum atomic E-state index is 0.142. The summed E-state index contributed by atoms with van der Waals surface area (Å²) in [7, 11) is 1.66. The van der Waals surface area contributed by atoms with E-state index in [4.69, 9.17) is 4.74 Å². The molecule has 0 atom stereocenters. The quantitative estimate of drug-likeness (QED) is 0.543. The molecule has 6 nitrogen and oxygen atoms in total. The van der Waals surface area contributed by atoms with Crippen molar-refractivity contribution in [1.29, 1.82) is 0 Å². The molecule has 1 heterocycles. The molecule has 2 aromatic carbocycles. The first-order valence-corrected chi connectivity index (χ1v) is 10.7. The van der Waals surface area contributed by atoms with Crippen LogP contribution in [0.5, 0.6) is 5.75 Å². The lowest BCUT2D eigenvalue weighted by Gasteiger charge is -2.26. The summed E-state index contributed by atoms with van der Waals surface area (Å²) in [6.45, 7) is 5.82. The van der Waals surface area contributed by atoms with Gasteiger partial charge in [0.25, 0.3) is 5.91 Å². The molecule has 0 bridgehead atoms. The van der Waals surface area contributed by atoms with Crippen molar-refractivity contribution in [2.45, 2.75) is 39.3 Å². The molecule has 0 saturated carbocycles. The first kappa shape index (κ1) is 21.7. The lowest BCUT2D eigenvalue weighted by molar-refractivity contribution is 0.0724. The normalized spacial score (nSPS) is 14.3. The summed E-state index contributed by atoms with van der Waals surface area (Å²) in [6.07, 6.45) is 3.44. The largest absolute Gasteiger partial charge is 0.497 e. The molecule has 0 spiro atoms. The summed E-state index contributed by atoms with van der Waals surface area (Å²) in [5.74, 6) is 1.75. The Hall–Kier alpha value is -3.02. The SMILES string of the molecule is CCNC(=NCc1ccc(OC)cc1)NCc1ccc(C(=O)N2CCCCC2)cc1. The lowest BCUT2D eigenvalue weighted by atomic mass is 10.1. The zero-order chi connectivity index (χ0) is 21.2.